The number of nitro groups is 1. The number of nitro benzene ring substituents is 1. The van der Waals surface area contributed by atoms with E-state index in [-0.39, 0.29) is 28.4 Å². The van der Waals surface area contributed by atoms with E-state index in [1.807, 2.05) is 0 Å². The largest absolute Gasteiger partial charge is 0.298 e. The van der Waals surface area contributed by atoms with Crippen molar-refractivity contribution in [2.75, 3.05) is 5.32 Å². The molecule has 1 N–H and O–H groups in total. The number of halogens is 3. The molecule has 0 spiro atoms. The highest BCUT2D eigenvalue weighted by Crippen LogP contribution is 2.24. The minimum Gasteiger partial charge on any atom is -0.298 e. The Hall–Kier alpha value is -3.27. The van der Waals surface area contributed by atoms with Crippen molar-refractivity contribution in [3.63, 3.8) is 0 Å². The maximum absolute atomic E-state index is 13.7. The number of benzene rings is 2. The molecule has 1 heterocycles. The maximum Gasteiger partial charge on any atom is 0.270 e. The average Bonchev–Trinajstić information content (AvgIpc) is 3.09. The molecular formula is C17H10F3N3O3S. The molecule has 1 amide bonds. The number of nitrogens with one attached hydrogen (secondary N) is 1. The average molecular weight is 393 g/mol. The van der Waals surface area contributed by atoms with E-state index in [1.54, 1.807) is 0 Å². The van der Waals surface area contributed by atoms with Gasteiger partial charge in [0, 0.05) is 35.2 Å². The predicted molar refractivity (Wildman–Crippen MR) is 92.3 cm³/mol. The summed E-state index contributed by atoms with van der Waals surface area (Å²) in [6.07, 6.45) is 1.34. The van der Waals surface area contributed by atoms with Gasteiger partial charge < -0.3 is 0 Å². The molecule has 3 rings (SSSR count). The normalized spacial score (nSPS) is 10.6. The van der Waals surface area contributed by atoms with Gasteiger partial charge in [0.25, 0.3) is 11.6 Å². The first kappa shape index (κ1) is 18.5. The smallest absolute Gasteiger partial charge is 0.270 e. The fraction of sp³-hybridized carbons (Fsp3) is 0.0588. The van der Waals surface area contributed by atoms with Gasteiger partial charge in [0.1, 0.15) is 0 Å². The lowest BCUT2D eigenvalue weighted by Crippen LogP contribution is -2.11. The lowest BCUT2D eigenvalue weighted by atomic mass is 10.1. The van der Waals surface area contributed by atoms with Gasteiger partial charge in [-0.3, -0.25) is 20.2 Å². The fourth-order valence-corrected chi connectivity index (χ4v) is 3.10. The van der Waals surface area contributed by atoms with Gasteiger partial charge in [-0.2, -0.15) is 0 Å². The lowest BCUT2D eigenvalue weighted by molar-refractivity contribution is -0.384. The number of nitrogens with zero attached hydrogens (tertiary/aromatic N) is 2. The van der Waals surface area contributed by atoms with Crippen LogP contribution in [0.4, 0.5) is 24.0 Å². The van der Waals surface area contributed by atoms with Crippen LogP contribution in [0, 0.1) is 27.6 Å². The van der Waals surface area contributed by atoms with Crippen LogP contribution in [0.1, 0.15) is 20.8 Å². The number of carbonyl (C=O) groups is 1. The molecule has 0 unspecified atom stereocenters. The summed E-state index contributed by atoms with van der Waals surface area (Å²) < 4.78 is 40.0. The molecule has 138 valence electrons. The predicted octanol–water partition coefficient (Wildman–Crippen LogP) is 4.31. The minimum atomic E-state index is -1.55. The van der Waals surface area contributed by atoms with Gasteiger partial charge in [-0.05, 0) is 17.7 Å². The molecule has 0 bridgehead atoms. The van der Waals surface area contributed by atoms with Crippen LogP contribution in [-0.2, 0) is 6.42 Å². The summed E-state index contributed by atoms with van der Waals surface area (Å²) in [6, 6.07) is 7.14. The fourth-order valence-electron chi connectivity index (χ4n) is 2.27. The third-order valence-corrected chi connectivity index (χ3v) is 4.49. The Balaban J connectivity index is 1.73. The topological polar surface area (TPSA) is 85.1 Å². The molecule has 10 heteroatoms. The highest BCUT2D eigenvalue weighted by Gasteiger charge is 2.16. The number of aromatic nitrogens is 1. The third-order valence-electron chi connectivity index (χ3n) is 3.57. The molecule has 0 aliphatic heterocycles. The molecule has 0 fully saturated rings. The van der Waals surface area contributed by atoms with Crippen LogP contribution in [0.3, 0.4) is 0 Å². The SMILES string of the molecule is O=C(Nc1ncc(Cc2ccc(F)c(F)c2F)s1)c1cccc([N+](=O)[O-])c1. The van der Waals surface area contributed by atoms with Gasteiger partial charge in [0.2, 0.25) is 0 Å². The second-order valence-corrected chi connectivity index (χ2v) is 6.52. The molecule has 3 aromatic rings. The van der Waals surface area contributed by atoms with Crippen molar-refractivity contribution in [3.05, 3.63) is 86.2 Å². The van der Waals surface area contributed by atoms with Crippen molar-refractivity contribution in [2.24, 2.45) is 0 Å². The van der Waals surface area contributed by atoms with Gasteiger partial charge >= 0.3 is 0 Å². The first-order valence-electron chi connectivity index (χ1n) is 7.48. The Morgan fingerprint density at radius 2 is 1.96 bits per heavy atom. The van der Waals surface area contributed by atoms with E-state index in [2.05, 4.69) is 10.3 Å². The highest BCUT2D eigenvalue weighted by atomic mass is 32.1. The number of thiazole rings is 1. The standard InChI is InChI=1S/C17H10F3N3O3S/c18-13-5-4-9(14(19)15(13)20)7-12-8-21-17(27-12)22-16(24)10-2-1-3-11(6-10)23(25)26/h1-6,8H,7H2,(H,21,22,24). The Morgan fingerprint density at radius 1 is 1.19 bits per heavy atom. The van der Waals surface area contributed by atoms with Gasteiger partial charge in [0.15, 0.2) is 22.6 Å². The lowest BCUT2D eigenvalue weighted by Gasteiger charge is -2.03. The van der Waals surface area contributed by atoms with Crippen LogP contribution in [0.2, 0.25) is 0 Å². The summed E-state index contributed by atoms with van der Waals surface area (Å²) in [6.45, 7) is 0. The van der Waals surface area contributed by atoms with Crippen LogP contribution in [-0.4, -0.2) is 15.8 Å². The van der Waals surface area contributed by atoms with Crippen molar-refractivity contribution in [2.45, 2.75) is 6.42 Å². The molecule has 6 nitrogen and oxygen atoms in total. The van der Waals surface area contributed by atoms with E-state index in [9.17, 15) is 28.1 Å². The molecular weight excluding hydrogens is 383 g/mol. The summed E-state index contributed by atoms with van der Waals surface area (Å²) in [5.41, 5.74) is -0.196. The number of hydrogen-bond acceptors (Lipinski definition) is 5. The zero-order valence-corrected chi connectivity index (χ0v) is 14.2. The van der Waals surface area contributed by atoms with E-state index in [0.29, 0.717) is 4.88 Å². The minimum absolute atomic E-state index is 0.0343. The number of hydrogen-bond donors (Lipinski definition) is 1. The van der Waals surface area contributed by atoms with Crippen LogP contribution < -0.4 is 5.32 Å². The van der Waals surface area contributed by atoms with E-state index in [4.69, 9.17) is 0 Å². The first-order chi connectivity index (χ1) is 12.8. The quantitative estimate of drug-likeness (QED) is 0.398. The number of amides is 1. The van der Waals surface area contributed by atoms with Crippen molar-refractivity contribution in [1.82, 2.24) is 4.98 Å². The van der Waals surface area contributed by atoms with E-state index in [1.165, 1.54) is 24.4 Å². The van der Waals surface area contributed by atoms with Gasteiger partial charge in [0.05, 0.1) is 4.92 Å². The molecule has 2 aromatic carbocycles. The molecule has 0 saturated heterocycles. The Kier molecular flexibility index (Phi) is 5.17. The number of carbonyl (C=O) groups excluding carboxylic acids is 1. The number of anilines is 1. The molecule has 0 saturated carbocycles. The van der Waals surface area contributed by atoms with Crippen molar-refractivity contribution < 1.29 is 22.9 Å². The monoisotopic (exact) mass is 393 g/mol. The Labute approximate surface area is 154 Å². The summed E-state index contributed by atoms with van der Waals surface area (Å²) >= 11 is 1.02. The molecule has 1 aromatic heterocycles. The highest BCUT2D eigenvalue weighted by molar-refractivity contribution is 7.15. The molecule has 0 aliphatic carbocycles. The van der Waals surface area contributed by atoms with Gasteiger partial charge in [-0.15, -0.1) is 11.3 Å². The Bertz CT molecular complexity index is 1040. The number of rotatable bonds is 5. The Morgan fingerprint density at radius 3 is 2.70 bits per heavy atom. The van der Waals surface area contributed by atoms with Gasteiger partial charge in [-0.1, -0.05) is 12.1 Å². The van der Waals surface area contributed by atoms with Crippen molar-refractivity contribution in [3.8, 4) is 0 Å². The van der Waals surface area contributed by atoms with Gasteiger partial charge in [-0.25, -0.2) is 18.2 Å². The summed E-state index contributed by atoms with van der Waals surface area (Å²) in [7, 11) is 0. The maximum atomic E-state index is 13.7. The van der Waals surface area contributed by atoms with E-state index in [0.717, 1.165) is 29.5 Å². The summed E-state index contributed by atoms with van der Waals surface area (Å²) in [5, 5.41) is 13.4. The zero-order valence-electron chi connectivity index (χ0n) is 13.4. The first-order valence-corrected chi connectivity index (χ1v) is 8.29. The van der Waals surface area contributed by atoms with Crippen molar-refractivity contribution in [1.29, 1.82) is 0 Å². The van der Waals surface area contributed by atoms with E-state index >= 15 is 0 Å². The van der Waals surface area contributed by atoms with Crippen LogP contribution in [0.15, 0.2) is 42.6 Å². The molecule has 0 radical (unpaired) electrons. The van der Waals surface area contributed by atoms with E-state index < -0.39 is 28.3 Å². The zero-order chi connectivity index (χ0) is 19.6. The van der Waals surface area contributed by atoms with Crippen LogP contribution in [0.25, 0.3) is 0 Å². The second-order valence-electron chi connectivity index (χ2n) is 5.40. The van der Waals surface area contributed by atoms with Crippen LogP contribution in [0.5, 0.6) is 0 Å². The van der Waals surface area contributed by atoms with Crippen molar-refractivity contribution >= 4 is 28.1 Å². The summed E-state index contributed by atoms with van der Waals surface area (Å²) in [5.74, 6) is -4.69. The molecule has 27 heavy (non-hydrogen) atoms. The number of non-ortho nitro benzene ring substituents is 1. The molecule has 0 aliphatic rings. The summed E-state index contributed by atoms with van der Waals surface area (Å²) in [4.78, 5) is 26.8. The third kappa shape index (κ3) is 4.11. The van der Waals surface area contributed by atoms with Crippen LogP contribution >= 0.6 is 11.3 Å². The second kappa shape index (κ2) is 7.54. The molecule has 0 atom stereocenters.